The molecule has 0 fully saturated rings. The minimum Gasteiger partial charge on any atom is -0.503 e. The number of aromatic nitrogens is 1. The largest absolute Gasteiger partial charge is 0.503 e. The Morgan fingerprint density at radius 2 is 1.86 bits per heavy atom. The second-order valence-electron chi connectivity index (χ2n) is 11.1. The Balaban J connectivity index is 1.41. The number of unbranched alkanes of at least 4 members (excludes halogenated alkanes) is 3. The maximum absolute atomic E-state index is 14.1. The van der Waals surface area contributed by atoms with Gasteiger partial charge in [-0.25, -0.2) is 4.98 Å². The first-order chi connectivity index (χ1) is 21.3. The van der Waals surface area contributed by atoms with E-state index in [0.717, 1.165) is 40.6 Å². The molecule has 8 nitrogen and oxygen atoms in total. The number of aryl methyl sites for hydroxylation is 2. The molecule has 0 aliphatic carbocycles. The average molecular weight is 611 g/mol. The van der Waals surface area contributed by atoms with E-state index in [9.17, 15) is 14.7 Å². The number of methoxy groups -OCH3 is 1. The molecule has 3 heterocycles. The lowest BCUT2D eigenvalue weighted by Crippen LogP contribution is -2.30. The van der Waals surface area contributed by atoms with Gasteiger partial charge in [0, 0.05) is 5.39 Å². The Kier molecular flexibility index (Phi) is 8.14. The molecule has 5 aromatic rings. The Bertz CT molecular complexity index is 1900. The summed E-state index contributed by atoms with van der Waals surface area (Å²) in [5, 5.41) is 12.4. The van der Waals surface area contributed by atoms with Crippen molar-refractivity contribution in [3.8, 4) is 11.5 Å². The second-order valence-corrected chi connectivity index (χ2v) is 12.1. The highest BCUT2D eigenvalue weighted by Gasteiger charge is 2.46. The number of amides is 1. The number of ether oxygens (including phenoxy) is 2. The van der Waals surface area contributed by atoms with Crippen molar-refractivity contribution in [3.63, 3.8) is 0 Å². The van der Waals surface area contributed by atoms with Crippen LogP contribution >= 0.6 is 11.3 Å². The van der Waals surface area contributed by atoms with Crippen LogP contribution in [0, 0.1) is 13.8 Å². The maximum atomic E-state index is 14.1. The third-order valence-electron chi connectivity index (χ3n) is 7.89. The van der Waals surface area contributed by atoms with E-state index in [-0.39, 0.29) is 11.3 Å². The van der Waals surface area contributed by atoms with Crippen molar-refractivity contribution in [2.75, 3.05) is 18.6 Å². The number of hydrogen-bond acceptors (Lipinski definition) is 8. The van der Waals surface area contributed by atoms with Gasteiger partial charge in [0.15, 0.2) is 28.0 Å². The third-order valence-corrected chi connectivity index (χ3v) is 8.89. The molecule has 0 radical (unpaired) electrons. The van der Waals surface area contributed by atoms with Crippen LogP contribution < -0.4 is 14.4 Å². The average Bonchev–Trinajstić information content (AvgIpc) is 3.71. The zero-order chi connectivity index (χ0) is 31.0. The first-order valence-electron chi connectivity index (χ1n) is 14.8. The summed E-state index contributed by atoms with van der Waals surface area (Å²) in [4.78, 5) is 34.1. The van der Waals surface area contributed by atoms with E-state index in [1.807, 2.05) is 56.3 Å². The molecule has 1 unspecified atom stereocenters. The number of para-hydroxylation sites is 1. The molecule has 6 rings (SSSR count). The van der Waals surface area contributed by atoms with Crippen LogP contribution in [0.5, 0.6) is 11.5 Å². The molecule has 1 atom stereocenters. The normalized spacial score (nSPS) is 15.1. The first kappa shape index (κ1) is 29.4. The number of aliphatic hydroxyl groups is 1. The Morgan fingerprint density at radius 1 is 1.07 bits per heavy atom. The predicted molar refractivity (Wildman–Crippen MR) is 172 cm³/mol. The monoisotopic (exact) mass is 610 g/mol. The maximum Gasteiger partial charge on any atom is 0.296 e. The number of nitrogens with zero attached hydrogens (tertiary/aromatic N) is 2. The summed E-state index contributed by atoms with van der Waals surface area (Å²) in [6.45, 7) is 6.76. The lowest BCUT2D eigenvalue weighted by Gasteiger charge is -2.24. The van der Waals surface area contributed by atoms with E-state index in [1.54, 1.807) is 18.2 Å². The van der Waals surface area contributed by atoms with Crippen molar-refractivity contribution in [1.82, 2.24) is 4.98 Å². The number of fused-ring (bicyclic) bond motifs is 2. The van der Waals surface area contributed by atoms with Gasteiger partial charge in [0.2, 0.25) is 5.78 Å². The van der Waals surface area contributed by atoms with Crippen LogP contribution in [0.2, 0.25) is 0 Å². The lowest BCUT2D eigenvalue weighted by molar-refractivity contribution is -0.117. The van der Waals surface area contributed by atoms with E-state index in [2.05, 4.69) is 6.92 Å². The molecule has 44 heavy (non-hydrogen) atoms. The molecule has 1 N–H and O–H groups in total. The highest BCUT2D eigenvalue weighted by Crippen LogP contribution is 2.45. The number of thiazole rings is 1. The smallest absolute Gasteiger partial charge is 0.296 e. The van der Waals surface area contributed by atoms with Crippen LogP contribution in [0.15, 0.2) is 76.4 Å². The Hall–Kier alpha value is -4.63. The van der Waals surface area contributed by atoms with Gasteiger partial charge < -0.3 is 19.0 Å². The van der Waals surface area contributed by atoms with E-state index in [4.69, 9.17) is 18.9 Å². The van der Waals surface area contributed by atoms with Gasteiger partial charge in [-0.15, -0.1) is 0 Å². The number of hydrogen-bond donors (Lipinski definition) is 1. The van der Waals surface area contributed by atoms with Gasteiger partial charge >= 0.3 is 0 Å². The van der Waals surface area contributed by atoms with Crippen molar-refractivity contribution in [3.05, 3.63) is 94.4 Å². The number of carbonyl (C=O) groups excluding carboxylic acids is 2. The second kappa shape index (κ2) is 12.2. The summed E-state index contributed by atoms with van der Waals surface area (Å²) in [5.74, 6) is -0.754. The van der Waals surface area contributed by atoms with Crippen molar-refractivity contribution in [1.29, 1.82) is 0 Å². The summed E-state index contributed by atoms with van der Waals surface area (Å²) in [7, 11) is 1.52. The van der Waals surface area contributed by atoms with Gasteiger partial charge in [0.05, 0.1) is 35.5 Å². The number of furan rings is 1. The van der Waals surface area contributed by atoms with Crippen LogP contribution in [0.3, 0.4) is 0 Å². The van der Waals surface area contributed by atoms with Gasteiger partial charge in [0.25, 0.3) is 5.91 Å². The molecule has 3 aromatic carbocycles. The number of ketones is 1. The Morgan fingerprint density at radius 3 is 2.61 bits per heavy atom. The molecule has 1 amide bonds. The van der Waals surface area contributed by atoms with Crippen molar-refractivity contribution in [2.24, 2.45) is 0 Å². The van der Waals surface area contributed by atoms with Crippen LogP contribution in [0.25, 0.3) is 21.2 Å². The summed E-state index contributed by atoms with van der Waals surface area (Å²) in [6, 6.07) is 17.4. The number of aliphatic hydroxyl groups excluding tert-OH is 1. The van der Waals surface area contributed by atoms with Gasteiger partial charge in [-0.2, -0.15) is 0 Å². The Labute approximate surface area is 259 Å². The summed E-state index contributed by atoms with van der Waals surface area (Å²) in [5.41, 5.74) is 3.80. The van der Waals surface area contributed by atoms with Gasteiger partial charge in [-0.1, -0.05) is 67.9 Å². The molecule has 1 aliphatic heterocycles. The third kappa shape index (κ3) is 5.32. The molecule has 9 heteroatoms. The zero-order valence-corrected chi connectivity index (χ0v) is 26.0. The fourth-order valence-electron chi connectivity index (χ4n) is 5.72. The molecule has 0 saturated heterocycles. The van der Waals surface area contributed by atoms with E-state index < -0.39 is 23.5 Å². The van der Waals surface area contributed by atoms with Crippen molar-refractivity contribution in [2.45, 2.75) is 52.5 Å². The van der Waals surface area contributed by atoms with E-state index in [1.165, 1.54) is 29.8 Å². The number of Topliss-reactive ketones (excluding diaryl/α,β-unsaturated/α-hetero) is 1. The molecule has 226 valence electrons. The molecule has 0 saturated carbocycles. The lowest BCUT2D eigenvalue weighted by atomic mass is 9.95. The zero-order valence-electron chi connectivity index (χ0n) is 25.2. The summed E-state index contributed by atoms with van der Waals surface area (Å²) in [6.07, 6.45) is 4.40. The number of benzene rings is 3. The first-order valence-corrected chi connectivity index (χ1v) is 15.6. The van der Waals surface area contributed by atoms with Crippen LogP contribution in [0.4, 0.5) is 5.13 Å². The van der Waals surface area contributed by atoms with Crippen LogP contribution in [-0.2, 0) is 4.79 Å². The highest BCUT2D eigenvalue weighted by molar-refractivity contribution is 7.22. The molecule has 2 aromatic heterocycles. The SMILES string of the molecule is CCCCCCOc1ccc(C2C(C(=O)c3cc4cccc(OC)c4o3)=C(O)C(=O)N2c2nc3c(C)cc(C)cc3s2)cc1. The van der Waals surface area contributed by atoms with Gasteiger partial charge in [-0.3, -0.25) is 14.5 Å². The number of rotatable bonds is 11. The number of anilines is 1. The molecule has 0 bridgehead atoms. The molecule has 1 aliphatic rings. The van der Waals surface area contributed by atoms with Crippen molar-refractivity contribution < 1.29 is 28.6 Å². The molecular formula is C35H34N2O6S. The van der Waals surface area contributed by atoms with Crippen LogP contribution in [0.1, 0.15) is 65.9 Å². The standard InChI is InChI=1S/C35H34N2O6S/c1-5-6-7-8-16-42-24-14-12-22(13-15-24)30-28(31(38)26-19-23-10-9-11-25(41-4)33(23)43-26)32(39)34(40)37(30)35-36-29-21(3)17-20(2)18-27(29)44-35/h9-15,17-19,30,39H,5-8,16H2,1-4H3. The van der Waals surface area contributed by atoms with Gasteiger partial charge in [-0.05, 0) is 67.3 Å². The van der Waals surface area contributed by atoms with Gasteiger partial charge in [0.1, 0.15) is 5.75 Å². The fraction of sp³-hybridized carbons (Fsp3) is 0.286. The summed E-state index contributed by atoms with van der Waals surface area (Å²) >= 11 is 1.35. The quantitative estimate of drug-likeness (QED) is 0.118. The number of carbonyl (C=O) groups is 2. The van der Waals surface area contributed by atoms with E-state index >= 15 is 0 Å². The van der Waals surface area contributed by atoms with Crippen molar-refractivity contribution >= 4 is 49.3 Å². The molecule has 0 spiro atoms. The van der Waals surface area contributed by atoms with E-state index in [0.29, 0.717) is 39.8 Å². The summed E-state index contributed by atoms with van der Waals surface area (Å²) < 4.78 is 18.2. The van der Waals surface area contributed by atoms with Crippen LogP contribution in [-0.4, -0.2) is 35.5 Å². The minimum absolute atomic E-state index is 0.00602. The molecular weight excluding hydrogens is 576 g/mol. The fourth-order valence-corrected chi connectivity index (χ4v) is 6.89. The highest BCUT2D eigenvalue weighted by atomic mass is 32.1. The minimum atomic E-state index is -0.939. The topological polar surface area (TPSA) is 102 Å². The predicted octanol–water partition coefficient (Wildman–Crippen LogP) is 8.41.